The van der Waals surface area contributed by atoms with E-state index in [2.05, 4.69) is 12.2 Å². The van der Waals surface area contributed by atoms with E-state index in [1.807, 2.05) is 24.3 Å². The maximum Gasteiger partial charge on any atom is 0.265 e. The maximum atomic E-state index is 13.2. The summed E-state index contributed by atoms with van der Waals surface area (Å²) < 4.78 is 24.3. The Morgan fingerprint density at radius 1 is 1.09 bits per heavy atom. The van der Waals surface area contributed by atoms with Crippen LogP contribution in [0.4, 0.5) is 15.8 Å². The number of ether oxygens (including phenoxy) is 2. The molecule has 0 aromatic heterocycles. The summed E-state index contributed by atoms with van der Waals surface area (Å²) in [6.07, 6.45) is 0.888. The number of halogens is 1. The maximum absolute atomic E-state index is 13.2. The van der Waals surface area contributed by atoms with E-state index >= 15 is 0 Å². The van der Waals surface area contributed by atoms with Gasteiger partial charge in [-0.1, -0.05) is 31.2 Å². The normalized spacial score (nSPS) is 12.7. The molecule has 0 atom stereocenters. The molecule has 0 spiro atoms. The molecule has 2 amide bonds. The summed E-state index contributed by atoms with van der Waals surface area (Å²) in [4.78, 5) is 26.3. The number of carbonyl (C=O) groups excluding carboxylic acids is 2. The Balaban J connectivity index is 1.41. The van der Waals surface area contributed by atoms with E-state index in [4.69, 9.17) is 9.47 Å². The van der Waals surface area contributed by atoms with Crippen molar-refractivity contribution in [1.29, 1.82) is 0 Å². The van der Waals surface area contributed by atoms with Gasteiger partial charge < -0.3 is 19.7 Å². The van der Waals surface area contributed by atoms with Crippen molar-refractivity contribution >= 4 is 23.2 Å². The summed E-state index contributed by atoms with van der Waals surface area (Å²) in [6, 6.07) is 18.7. The Morgan fingerprint density at radius 2 is 1.91 bits per heavy atom. The quantitative estimate of drug-likeness (QED) is 0.601. The Bertz CT molecular complexity index is 1130. The summed E-state index contributed by atoms with van der Waals surface area (Å²) >= 11 is 0. The Hall–Kier alpha value is -3.87. The van der Waals surface area contributed by atoms with Gasteiger partial charge >= 0.3 is 0 Å². The zero-order valence-corrected chi connectivity index (χ0v) is 17.6. The number of benzene rings is 3. The van der Waals surface area contributed by atoms with Gasteiger partial charge in [-0.3, -0.25) is 9.59 Å². The SMILES string of the molecule is CCc1cccc(OCC(=O)Nc2ccc3c(c2)OCC(=O)N3Cc2ccc(F)cc2)c1. The van der Waals surface area contributed by atoms with E-state index in [0.717, 1.165) is 17.5 Å². The summed E-state index contributed by atoms with van der Waals surface area (Å²) in [5.74, 6) is 0.303. The smallest absolute Gasteiger partial charge is 0.265 e. The van der Waals surface area contributed by atoms with Crippen LogP contribution in [0.5, 0.6) is 11.5 Å². The summed E-state index contributed by atoms with van der Waals surface area (Å²) in [7, 11) is 0. The van der Waals surface area contributed by atoms with E-state index in [0.29, 0.717) is 29.4 Å². The zero-order valence-electron chi connectivity index (χ0n) is 17.6. The second kappa shape index (κ2) is 9.51. The van der Waals surface area contributed by atoms with E-state index in [1.165, 1.54) is 12.1 Å². The first-order valence-electron chi connectivity index (χ1n) is 10.3. The minimum absolute atomic E-state index is 0.109. The van der Waals surface area contributed by atoms with Crippen molar-refractivity contribution in [3.8, 4) is 11.5 Å². The first kappa shape index (κ1) is 21.4. The minimum atomic E-state index is -0.329. The van der Waals surface area contributed by atoms with Gasteiger partial charge in [0, 0.05) is 11.8 Å². The fourth-order valence-electron chi connectivity index (χ4n) is 3.43. The second-order valence-electron chi connectivity index (χ2n) is 7.42. The minimum Gasteiger partial charge on any atom is -0.484 e. The van der Waals surface area contributed by atoms with E-state index in [1.54, 1.807) is 35.2 Å². The molecule has 6 nitrogen and oxygen atoms in total. The molecule has 0 saturated heterocycles. The number of rotatable bonds is 7. The number of fused-ring (bicyclic) bond motifs is 1. The van der Waals surface area contributed by atoms with Crippen molar-refractivity contribution < 1.29 is 23.5 Å². The number of amides is 2. The van der Waals surface area contributed by atoms with E-state index in [9.17, 15) is 14.0 Å². The lowest BCUT2D eigenvalue weighted by molar-refractivity contribution is -0.121. The molecule has 0 radical (unpaired) electrons. The summed E-state index contributed by atoms with van der Waals surface area (Å²) in [5.41, 5.74) is 3.07. The van der Waals surface area contributed by atoms with Crippen LogP contribution >= 0.6 is 0 Å². The van der Waals surface area contributed by atoms with Crippen LogP contribution in [-0.4, -0.2) is 25.0 Å². The highest BCUT2D eigenvalue weighted by atomic mass is 19.1. The van der Waals surface area contributed by atoms with Crippen molar-refractivity contribution in [1.82, 2.24) is 0 Å². The lowest BCUT2D eigenvalue weighted by atomic mass is 10.1. The van der Waals surface area contributed by atoms with Crippen LogP contribution < -0.4 is 19.7 Å². The number of hydrogen-bond donors (Lipinski definition) is 1. The van der Waals surface area contributed by atoms with Crippen LogP contribution in [0.15, 0.2) is 66.7 Å². The van der Waals surface area contributed by atoms with Gasteiger partial charge in [0.2, 0.25) is 0 Å². The molecule has 1 aliphatic rings. The van der Waals surface area contributed by atoms with Crippen molar-refractivity contribution in [3.05, 3.63) is 83.7 Å². The molecule has 7 heteroatoms. The van der Waals surface area contributed by atoms with E-state index in [-0.39, 0.29) is 30.8 Å². The third kappa shape index (κ3) is 5.06. The third-order valence-electron chi connectivity index (χ3n) is 5.12. The van der Waals surface area contributed by atoms with Gasteiger partial charge in [-0.2, -0.15) is 0 Å². The molecule has 164 valence electrons. The average molecular weight is 434 g/mol. The van der Waals surface area contributed by atoms with Gasteiger partial charge in [0.05, 0.1) is 12.2 Å². The highest BCUT2D eigenvalue weighted by Gasteiger charge is 2.26. The second-order valence-corrected chi connectivity index (χ2v) is 7.42. The molecule has 0 unspecified atom stereocenters. The molecular weight excluding hydrogens is 411 g/mol. The number of hydrogen-bond acceptors (Lipinski definition) is 4. The standard InChI is InChI=1S/C25H23FN2O4/c1-2-17-4-3-5-21(12-17)31-15-24(29)27-20-10-11-22-23(13-20)32-16-25(30)28(22)14-18-6-8-19(26)9-7-18/h3-13H,2,14-16H2,1H3,(H,27,29). The van der Waals surface area contributed by atoms with Crippen LogP contribution in [0.1, 0.15) is 18.1 Å². The molecule has 4 rings (SSSR count). The van der Waals surface area contributed by atoms with Gasteiger partial charge in [0.1, 0.15) is 17.3 Å². The van der Waals surface area contributed by atoms with Crippen LogP contribution in [0.25, 0.3) is 0 Å². The van der Waals surface area contributed by atoms with Crippen molar-refractivity contribution in [2.24, 2.45) is 0 Å². The first-order chi connectivity index (χ1) is 15.5. The highest BCUT2D eigenvalue weighted by molar-refractivity contribution is 5.99. The van der Waals surface area contributed by atoms with Crippen molar-refractivity contribution in [3.63, 3.8) is 0 Å². The zero-order chi connectivity index (χ0) is 22.5. The molecule has 3 aromatic carbocycles. The fourth-order valence-corrected chi connectivity index (χ4v) is 3.43. The van der Waals surface area contributed by atoms with Crippen molar-refractivity contribution in [2.75, 3.05) is 23.4 Å². The number of anilines is 2. The van der Waals surface area contributed by atoms with Crippen molar-refractivity contribution in [2.45, 2.75) is 19.9 Å². The molecule has 1 N–H and O–H groups in total. The Kier molecular flexibility index (Phi) is 6.35. The number of aryl methyl sites for hydroxylation is 1. The summed E-state index contributed by atoms with van der Waals surface area (Å²) in [6.45, 7) is 2.12. The highest BCUT2D eigenvalue weighted by Crippen LogP contribution is 2.35. The molecular formula is C25H23FN2O4. The van der Waals surface area contributed by atoms with Crippen LogP contribution in [-0.2, 0) is 22.6 Å². The molecule has 3 aromatic rings. The van der Waals surface area contributed by atoms with Gasteiger partial charge in [0.25, 0.3) is 11.8 Å². The largest absolute Gasteiger partial charge is 0.484 e. The van der Waals surface area contributed by atoms with Gasteiger partial charge in [-0.05, 0) is 53.9 Å². The van der Waals surface area contributed by atoms with Crippen LogP contribution in [0.2, 0.25) is 0 Å². The molecule has 0 saturated carbocycles. The molecule has 1 heterocycles. The predicted octanol–water partition coefficient (Wildman–Crippen LogP) is 4.33. The summed E-state index contributed by atoms with van der Waals surface area (Å²) in [5, 5.41) is 2.78. The first-order valence-corrected chi connectivity index (χ1v) is 10.3. The lowest BCUT2D eigenvalue weighted by Crippen LogP contribution is -2.38. The monoisotopic (exact) mass is 434 g/mol. The molecule has 0 aliphatic carbocycles. The molecule has 0 bridgehead atoms. The van der Waals surface area contributed by atoms with Crippen LogP contribution in [0, 0.1) is 5.82 Å². The number of carbonyl (C=O) groups is 2. The lowest BCUT2D eigenvalue weighted by Gasteiger charge is -2.29. The molecule has 32 heavy (non-hydrogen) atoms. The Labute approximate surface area is 185 Å². The molecule has 0 fully saturated rings. The number of nitrogens with zero attached hydrogens (tertiary/aromatic N) is 1. The topological polar surface area (TPSA) is 67.9 Å². The van der Waals surface area contributed by atoms with E-state index < -0.39 is 0 Å². The van der Waals surface area contributed by atoms with Gasteiger partial charge in [-0.25, -0.2) is 4.39 Å². The Morgan fingerprint density at radius 3 is 2.69 bits per heavy atom. The average Bonchev–Trinajstić information content (AvgIpc) is 2.81. The van der Waals surface area contributed by atoms with Crippen LogP contribution in [0.3, 0.4) is 0 Å². The third-order valence-corrected chi connectivity index (χ3v) is 5.12. The molecule has 1 aliphatic heterocycles. The number of nitrogens with one attached hydrogen (secondary N) is 1. The fraction of sp³-hybridized carbons (Fsp3) is 0.200. The van der Waals surface area contributed by atoms with Gasteiger partial charge in [-0.15, -0.1) is 0 Å². The van der Waals surface area contributed by atoms with Gasteiger partial charge in [0.15, 0.2) is 13.2 Å². The predicted molar refractivity (Wildman–Crippen MR) is 119 cm³/mol.